The molecule has 0 unspecified atom stereocenters. The van der Waals surface area contributed by atoms with Gasteiger partial charge in [-0.25, -0.2) is 5.10 Å². The number of aromatic nitrogens is 5. The standard InChI is InChI=1S/C16H23N7O3/c1-11(24)21-16(8-4-2-3-5-9-16)14-20-13(26-23-14)7-6-12(25)19-15-17-10-18-22-15/h10H,2-9H2,1H3,(H,21,24)(H2,17,18,19,22,25). The number of nitrogens with one attached hydrogen (secondary N) is 3. The van der Waals surface area contributed by atoms with E-state index in [0.29, 0.717) is 24.1 Å². The van der Waals surface area contributed by atoms with Gasteiger partial charge >= 0.3 is 0 Å². The number of carbonyl (C=O) groups is 2. The fourth-order valence-corrected chi connectivity index (χ4v) is 3.31. The number of amides is 2. The van der Waals surface area contributed by atoms with Gasteiger partial charge in [-0.2, -0.15) is 15.1 Å². The summed E-state index contributed by atoms with van der Waals surface area (Å²) in [4.78, 5) is 31.9. The third-order valence-corrected chi connectivity index (χ3v) is 4.51. The Balaban J connectivity index is 1.64. The van der Waals surface area contributed by atoms with E-state index in [0.717, 1.165) is 38.5 Å². The van der Waals surface area contributed by atoms with Gasteiger partial charge in [-0.3, -0.25) is 14.9 Å². The molecule has 3 rings (SSSR count). The lowest BCUT2D eigenvalue weighted by atomic mass is 9.89. The highest BCUT2D eigenvalue weighted by Gasteiger charge is 2.38. The third-order valence-electron chi connectivity index (χ3n) is 4.51. The Bertz CT molecular complexity index is 733. The highest BCUT2D eigenvalue weighted by Crippen LogP contribution is 2.34. The molecular formula is C16H23N7O3. The van der Waals surface area contributed by atoms with E-state index in [9.17, 15) is 9.59 Å². The number of nitrogens with zero attached hydrogens (tertiary/aromatic N) is 4. The average molecular weight is 361 g/mol. The molecule has 140 valence electrons. The van der Waals surface area contributed by atoms with Gasteiger partial charge in [0.1, 0.15) is 11.9 Å². The quantitative estimate of drug-likeness (QED) is 0.662. The fraction of sp³-hybridized carbons (Fsp3) is 0.625. The molecule has 1 fully saturated rings. The van der Waals surface area contributed by atoms with Crippen LogP contribution in [0.5, 0.6) is 0 Å². The van der Waals surface area contributed by atoms with E-state index in [-0.39, 0.29) is 18.2 Å². The summed E-state index contributed by atoms with van der Waals surface area (Å²) < 4.78 is 5.32. The minimum atomic E-state index is -0.577. The van der Waals surface area contributed by atoms with Crippen LogP contribution in [0.3, 0.4) is 0 Å². The Morgan fingerprint density at radius 3 is 2.69 bits per heavy atom. The van der Waals surface area contributed by atoms with Gasteiger partial charge in [-0.05, 0) is 12.8 Å². The van der Waals surface area contributed by atoms with Crippen molar-refractivity contribution in [3.63, 3.8) is 0 Å². The molecule has 10 heteroatoms. The third kappa shape index (κ3) is 4.44. The van der Waals surface area contributed by atoms with E-state index < -0.39 is 5.54 Å². The summed E-state index contributed by atoms with van der Waals surface area (Å²) in [7, 11) is 0. The summed E-state index contributed by atoms with van der Waals surface area (Å²) >= 11 is 0. The van der Waals surface area contributed by atoms with Crippen LogP contribution >= 0.6 is 0 Å². The van der Waals surface area contributed by atoms with Gasteiger partial charge in [0, 0.05) is 19.8 Å². The van der Waals surface area contributed by atoms with Gasteiger partial charge < -0.3 is 9.84 Å². The second kappa shape index (κ2) is 8.07. The summed E-state index contributed by atoms with van der Waals surface area (Å²) in [5.74, 6) is 0.837. The maximum Gasteiger partial charge on any atom is 0.227 e. The molecule has 2 amide bonds. The van der Waals surface area contributed by atoms with Crippen LogP contribution in [0, 0.1) is 0 Å². The zero-order chi connectivity index (χ0) is 18.4. The number of carbonyl (C=O) groups excluding carboxylic acids is 2. The van der Waals surface area contributed by atoms with Crippen molar-refractivity contribution in [3.05, 3.63) is 18.0 Å². The number of rotatable bonds is 6. The molecule has 0 atom stereocenters. The number of aromatic amines is 1. The summed E-state index contributed by atoms with van der Waals surface area (Å²) in [5, 5.41) is 15.9. The zero-order valence-electron chi connectivity index (χ0n) is 14.7. The molecule has 10 nitrogen and oxygen atoms in total. The summed E-state index contributed by atoms with van der Waals surface area (Å²) in [5.41, 5.74) is -0.577. The number of hydrogen-bond acceptors (Lipinski definition) is 7. The Labute approximate surface area is 150 Å². The van der Waals surface area contributed by atoms with Gasteiger partial charge in [0.05, 0.1) is 0 Å². The van der Waals surface area contributed by atoms with Gasteiger partial charge in [-0.15, -0.1) is 0 Å². The molecule has 1 aliphatic carbocycles. The van der Waals surface area contributed by atoms with Crippen LogP contribution in [0.15, 0.2) is 10.9 Å². The van der Waals surface area contributed by atoms with Crippen molar-refractivity contribution in [2.75, 3.05) is 5.32 Å². The molecular weight excluding hydrogens is 338 g/mol. The van der Waals surface area contributed by atoms with Crippen molar-refractivity contribution in [3.8, 4) is 0 Å². The van der Waals surface area contributed by atoms with Crippen LogP contribution in [-0.2, 0) is 21.5 Å². The first-order valence-electron chi connectivity index (χ1n) is 8.84. The van der Waals surface area contributed by atoms with Crippen LogP contribution in [0.1, 0.15) is 63.6 Å². The molecule has 1 saturated carbocycles. The van der Waals surface area contributed by atoms with Crippen LogP contribution in [0.2, 0.25) is 0 Å². The molecule has 3 N–H and O–H groups in total. The zero-order valence-corrected chi connectivity index (χ0v) is 14.7. The molecule has 0 aromatic carbocycles. The smallest absolute Gasteiger partial charge is 0.227 e. The summed E-state index contributed by atoms with van der Waals surface area (Å²) in [6, 6.07) is 0. The first kappa shape index (κ1) is 18.0. The van der Waals surface area contributed by atoms with Crippen LogP contribution in [0.25, 0.3) is 0 Å². The van der Waals surface area contributed by atoms with Crippen molar-refractivity contribution >= 4 is 17.8 Å². The molecule has 0 saturated heterocycles. The van der Waals surface area contributed by atoms with Crippen molar-refractivity contribution in [2.24, 2.45) is 0 Å². The second-order valence-corrected chi connectivity index (χ2v) is 6.57. The minimum Gasteiger partial charge on any atom is -0.343 e. The maximum atomic E-state index is 11.9. The lowest BCUT2D eigenvalue weighted by Crippen LogP contribution is -2.45. The van der Waals surface area contributed by atoms with Crippen LogP contribution < -0.4 is 10.6 Å². The van der Waals surface area contributed by atoms with E-state index in [1.165, 1.54) is 13.3 Å². The predicted octanol–water partition coefficient (Wildman–Crippen LogP) is 1.44. The van der Waals surface area contributed by atoms with Crippen LogP contribution in [-0.4, -0.2) is 37.1 Å². The SMILES string of the molecule is CC(=O)NC1(c2noc(CCC(=O)Nc3ncn[nH]3)n2)CCCCCC1. The number of aryl methyl sites for hydroxylation is 1. The van der Waals surface area contributed by atoms with Gasteiger partial charge in [0.15, 0.2) is 5.82 Å². The van der Waals surface area contributed by atoms with Crippen LogP contribution in [0.4, 0.5) is 5.95 Å². The average Bonchev–Trinajstić information content (AvgIpc) is 3.22. The van der Waals surface area contributed by atoms with Gasteiger partial charge in [0.25, 0.3) is 0 Å². The number of H-pyrrole nitrogens is 1. The molecule has 1 aliphatic rings. The molecule has 2 aromatic heterocycles. The number of hydrogen-bond donors (Lipinski definition) is 3. The molecule has 0 bridgehead atoms. The van der Waals surface area contributed by atoms with Crippen molar-refractivity contribution in [2.45, 2.75) is 63.8 Å². The normalized spacial score (nSPS) is 16.7. The Morgan fingerprint density at radius 2 is 2.04 bits per heavy atom. The maximum absolute atomic E-state index is 11.9. The van der Waals surface area contributed by atoms with E-state index in [4.69, 9.17) is 4.52 Å². The van der Waals surface area contributed by atoms with Gasteiger partial charge in [0.2, 0.25) is 23.7 Å². The number of anilines is 1. The Kier molecular flexibility index (Phi) is 5.59. The predicted molar refractivity (Wildman–Crippen MR) is 90.8 cm³/mol. The Morgan fingerprint density at radius 1 is 1.27 bits per heavy atom. The summed E-state index contributed by atoms with van der Waals surface area (Å²) in [6.45, 7) is 1.50. The monoisotopic (exact) mass is 361 g/mol. The molecule has 2 aromatic rings. The first-order valence-corrected chi connectivity index (χ1v) is 8.84. The van der Waals surface area contributed by atoms with Gasteiger partial charge in [-0.1, -0.05) is 30.8 Å². The molecule has 26 heavy (non-hydrogen) atoms. The topological polar surface area (TPSA) is 139 Å². The minimum absolute atomic E-state index is 0.107. The highest BCUT2D eigenvalue weighted by atomic mass is 16.5. The summed E-state index contributed by atoms with van der Waals surface area (Å²) in [6.07, 6.45) is 7.65. The van der Waals surface area contributed by atoms with E-state index in [1.54, 1.807) is 0 Å². The van der Waals surface area contributed by atoms with Crippen molar-refractivity contribution < 1.29 is 14.1 Å². The lowest BCUT2D eigenvalue weighted by molar-refractivity contribution is -0.121. The van der Waals surface area contributed by atoms with E-state index in [2.05, 4.69) is 36.0 Å². The lowest BCUT2D eigenvalue weighted by Gasteiger charge is -2.30. The largest absolute Gasteiger partial charge is 0.343 e. The highest BCUT2D eigenvalue weighted by molar-refractivity contribution is 5.88. The molecule has 0 aliphatic heterocycles. The fourth-order valence-electron chi connectivity index (χ4n) is 3.31. The first-order chi connectivity index (χ1) is 12.6. The molecule has 0 spiro atoms. The van der Waals surface area contributed by atoms with Crippen molar-refractivity contribution in [1.82, 2.24) is 30.6 Å². The molecule has 2 heterocycles. The Hall–Kier alpha value is -2.78. The van der Waals surface area contributed by atoms with Crippen molar-refractivity contribution in [1.29, 1.82) is 0 Å². The molecule has 0 radical (unpaired) electrons. The van der Waals surface area contributed by atoms with E-state index >= 15 is 0 Å². The van der Waals surface area contributed by atoms with E-state index in [1.807, 2.05) is 0 Å². The second-order valence-electron chi connectivity index (χ2n) is 6.57.